The van der Waals surface area contributed by atoms with Crippen molar-refractivity contribution in [1.82, 2.24) is 0 Å². The number of nitrogens with two attached hydrogens (primary N) is 1. The smallest absolute Gasteiger partial charge is 0.340 e. The van der Waals surface area contributed by atoms with Crippen LogP contribution in [0.2, 0.25) is 0 Å². The first-order valence-corrected chi connectivity index (χ1v) is 7.36. The third-order valence-corrected chi connectivity index (χ3v) is 3.25. The second-order valence-corrected chi connectivity index (χ2v) is 5.01. The van der Waals surface area contributed by atoms with Crippen LogP contribution in [-0.2, 0) is 4.74 Å². The predicted octanol–water partition coefficient (Wildman–Crippen LogP) is 2.38. The third kappa shape index (κ3) is 4.02. The summed E-state index contributed by atoms with van der Waals surface area (Å²) >= 11 is 1.67. The van der Waals surface area contributed by atoms with Gasteiger partial charge in [0.2, 0.25) is 0 Å². The Morgan fingerprint density at radius 2 is 2.21 bits per heavy atom. The van der Waals surface area contributed by atoms with Crippen molar-refractivity contribution < 1.29 is 13.9 Å². The molecule has 0 radical (unpaired) electrons. The molecule has 0 amide bonds. The molecule has 1 aromatic carbocycles. The van der Waals surface area contributed by atoms with Gasteiger partial charge in [-0.25, -0.2) is 9.18 Å². The van der Waals surface area contributed by atoms with E-state index < -0.39 is 11.8 Å². The summed E-state index contributed by atoms with van der Waals surface area (Å²) in [6, 6.07) is 2.61. The maximum atomic E-state index is 13.9. The lowest BCUT2D eigenvalue weighted by Crippen LogP contribution is -2.22. The van der Waals surface area contributed by atoms with Gasteiger partial charge >= 0.3 is 5.97 Å². The number of esters is 1. The van der Waals surface area contributed by atoms with E-state index in [2.05, 4.69) is 0 Å². The van der Waals surface area contributed by atoms with Crippen LogP contribution in [0, 0.1) is 5.82 Å². The highest BCUT2D eigenvalue weighted by Gasteiger charge is 2.17. The van der Waals surface area contributed by atoms with Gasteiger partial charge in [-0.05, 0) is 25.3 Å². The number of carbonyl (C=O) groups excluding carboxylic acids is 1. The first kappa shape index (κ1) is 15.6. The number of nitrogens with zero attached hydrogens (tertiary/aromatic N) is 1. The fourth-order valence-electron chi connectivity index (χ4n) is 1.60. The minimum atomic E-state index is -0.528. The highest BCUT2D eigenvalue weighted by Crippen LogP contribution is 2.25. The number of anilines is 2. The maximum absolute atomic E-state index is 13.9. The molecule has 0 fully saturated rings. The zero-order valence-electron chi connectivity index (χ0n) is 11.4. The Bertz CT molecular complexity index is 455. The standard InChI is InChI=1S/C13H19FN2O2S/c1-4-18-13(17)9-7-12(10(14)8-11(9)15)16(2)5-6-19-3/h7-8H,4-6,15H2,1-3H3. The largest absolute Gasteiger partial charge is 0.462 e. The molecule has 0 unspecified atom stereocenters. The van der Waals surface area contributed by atoms with Crippen molar-refractivity contribution >= 4 is 29.1 Å². The molecule has 2 N–H and O–H groups in total. The molecule has 0 saturated carbocycles. The van der Waals surface area contributed by atoms with E-state index in [-0.39, 0.29) is 17.9 Å². The number of nitrogen functional groups attached to an aromatic ring is 1. The second-order valence-electron chi connectivity index (χ2n) is 4.03. The molecular weight excluding hydrogens is 267 g/mol. The Kier molecular flexibility index (Phi) is 5.95. The number of carbonyl (C=O) groups is 1. The van der Waals surface area contributed by atoms with E-state index >= 15 is 0 Å². The van der Waals surface area contributed by atoms with Gasteiger partial charge in [0.15, 0.2) is 0 Å². The normalized spacial score (nSPS) is 10.3. The van der Waals surface area contributed by atoms with Crippen molar-refractivity contribution in [2.45, 2.75) is 6.92 Å². The molecule has 0 aliphatic heterocycles. The first-order chi connectivity index (χ1) is 9.01. The molecule has 0 saturated heterocycles. The molecule has 0 aliphatic rings. The van der Waals surface area contributed by atoms with Gasteiger partial charge in [0.25, 0.3) is 0 Å². The van der Waals surface area contributed by atoms with Gasteiger partial charge in [-0.3, -0.25) is 0 Å². The molecular formula is C13H19FN2O2S. The Morgan fingerprint density at radius 1 is 1.53 bits per heavy atom. The second kappa shape index (κ2) is 7.23. The van der Waals surface area contributed by atoms with Gasteiger partial charge in [-0.1, -0.05) is 0 Å². The van der Waals surface area contributed by atoms with Crippen LogP contribution in [0.3, 0.4) is 0 Å². The fourth-order valence-corrected chi connectivity index (χ4v) is 2.06. The zero-order chi connectivity index (χ0) is 14.4. The Morgan fingerprint density at radius 3 is 2.79 bits per heavy atom. The van der Waals surface area contributed by atoms with Crippen LogP contribution in [-0.4, -0.2) is 38.2 Å². The van der Waals surface area contributed by atoms with E-state index in [0.717, 1.165) is 11.8 Å². The van der Waals surface area contributed by atoms with Crippen LogP contribution >= 0.6 is 11.8 Å². The van der Waals surface area contributed by atoms with E-state index in [4.69, 9.17) is 10.5 Å². The SMILES string of the molecule is CCOC(=O)c1cc(N(C)CCSC)c(F)cc1N. The Labute approximate surface area is 117 Å². The van der Waals surface area contributed by atoms with Crippen LogP contribution in [0.15, 0.2) is 12.1 Å². The molecule has 4 nitrogen and oxygen atoms in total. The molecule has 0 spiro atoms. The third-order valence-electron chi connectivity index (χ3n) is 2.66. The number of ether oxygens (including phenoxy) is 1. The summed E-state index contributed by atoms with van der Waals surface area (Å²) in [5.74, 6) is -0.0941. The van der Waals surface area contributed by atoms with Crippen molar-refractivity contribution in [2.75, 3.05) is 42.8 Å². The number of halogens is 1. The predicted molar refractivity (Wildman–Crippen MR) is 78.4 cm³/mol. The van der Waals surface area contributed by atoms with Gasteiger partial charge < -0.3 is 15.4 Å². The molecule has 1 rings (SSSR count). The first-order valence-electron chi connectivity index (χ1n) is 5.97. The lowest BCUT2D eigenvalue weighted by atomic mass is 10.1. The summed E-state index contributed by atoms with van der Waals surface area (Å²) < 4.78 is 18.8. The average Bonchev–Trinajstić information content (AvgIpc) is 2.36. The minimum Gasteiger partial charge on any atom is -0.462 e. The van der Waals surface area contributed by atoms with E-state index in [1.807, 2.05) is 6.26 Å². The summed E-state index contributed by atoms with van der Waals surface area (Å²) in [4.78, 5) is 13.5. The van der Waals surface area contributed by atoms with E-state index in [0.29, 0.717) is 12.2 Å². The molecule has 6 heteroatoms. The van der Waals surface area contributed by atoms with E-state index in [9.17, 15) is 9.18 Å². The van der Waals surface area contributed by atoms with Crippen LogP contribution in [0.4, 0.5) is 15.8 Å². The van der Waals surface area contributed by atoms with Crippen LogP contribution in [0.25, 0.3) is 0 Å². The van der Waals surface area contributed by atoms with Crippen molar-refractivity contribution in [1.29, 1.82) is 0 Å². The number of benzene rings is 1. The number of hydrogen-bond donors (Lipinski definition) is 1. The number of thioether (sulfide) groups is 1. The van der Waals surface area contributed by atoms with Gasteiger partial charge in [0.1, 0.15) is 5.82 Å². The fraction of sp³-hybridized carbons (Fsp3) is 0.462. The van der Waals surface area contributed by atoms with E-state index in [1.165, 1.54) is 6.07 Å². The molecule has 1 aromatic rings. The van der Waals surface area contributed by atoms with Crippen LogP contribution in [0.5, 0.6) is 0 Å². The topological polar surface area (TPSA) is 55.6 Å². The summed E-state index contributed by atoms with van der Waals surface area (Å²) in [5, 5.41) is 0. The average molecular weight is 286 g/mol. The summed E-state index contributed by atoms with van der Waals surface area (Å²) in [6.45, 7) is 2.65. The molecule has 19 heavy (non-hydrogen) atoms. The minimum absolute atomic E-state index is 0.0953. The Balaban J connectivity index is 3.05. The summed E-state index contributed by atoms with van der Waals surface area (Å²) in [6.07, 6.45) is 1.98. The highest BCUT2D eigenvalue weighted by atomic mass is 32.2. The number of hydrogen-bond acceptors (Lipinski definition) is 5. The number of rotatable bonds is 6. The maximum Gasteiger partial charge on any atom is 0.340 e. The molecule has 106 valence electrons. The van der Waals surface area contributed by atoms with Gasteiger partial charge in [-0.15, -0.1) is 0 Å². The highest BCUT2D eigenvalue weighted by molar-refractivity contribution is 7.98. The molecule has 0 atom stereocenters. The van der Waals surface area contributed by atoms with Crippen molar-refractivity contribution in [3.8, 4) is 0 Å². The van der Waals surface area contributed by atoms with Crippen molar-refractivity contribution in [3.05, 3.63) is 23.5 Å². The molecule has 0 bridgehead atoms. The quantitative estimate of drug-likeness (QED) is 0.643. The van der Waals surface area contributed by atoms with E-state index in [1.54, 1.807) is 30.6 Å². The van der Waals surface area contributed by atoms with Crippen LogP contribution in [0.1, 0.15) is 17.3 Å². The lowest BCUT2D eigenvalue weighted by Gasteiger charge is -2.20. The zero-order valence-corrected chi connectivity index (χ0v) is 12.2. The van der Waals surface area contributed by atoms with Gasteiger partial charge in [0, 0.05) is 25.0 Å². The molecule has 0 heterocycles. The molecule has 0 aliphatic carbocycles. The van der Waals surface area contributed by atoms with Gasteiger partial charge in [0.05, 0.1) is 17.9 Å². The van der Waals surface area contributed by atoms with Crippen molar-refractivity contribution in [3.63, 3.8) is 0 Å². The lowest BCUT2D eigenvalue weighted by molar-refractivity contribution is 0.0527. The Hall–Kier alpha value is -1.43. The molecule has 0 aromatic heterocycles. The van der Waals surface area contributed by atoms with Crippen LogP contribution < -0.4 is 10.6 Å². The monoisotopic (exact) mass is 286 g/mol. The summed E-state index contributed by atoms with van der Waals surface area (Å²) in [7, 11) is 1.78. The van der Waals surface area contributed by atoms with Gasteiger partial charge in [-0.2, -0.15) is 11.8 Å². The summed E-state index contributed by atoms with van der Waals surface area (Å²) in [5.41, 5.74) is 6.31. The van der Waals surface area contributed by atoms with Crippen molar-refractivity contribution in [2.24, 2.45) is 0 Å².